The van der Waals surface area contributed by atoms with Crippen LogP contribution in [0.15, 0.2) is 23.8 Å². The van der Waals surface area contributed by atoms with Crippen molar-refractivity contribution in [2.45, 2.75) is 26.3 Å². The van der Waals surface area contributed by atoms with Gasteiger partial charge >= 0.3 is 0 Å². The van der Waals surface area contributed by atoms with Gasteiger partial charge in [0.05, 0.1) is 0 Å². The number of hydrogen-bond donors (Lipinski definition) is 0. The predicted molar refractivity (Wildman–Crippen MR) is 57.0 cm³/mol. The minimum atomic E-state index is -0.140. The maximum Gasteiger partial charge on any atom is 0.205 e. The van der Waals surface area contributed by atoms with Crippen LogP contribution in [0.1, 0.15) is 20.8 Å². The third kappa shape index (κ3) is 1.52. The molecule has 0 fully saturated rings. The third-order valence-electron chi connectivity index (χ3n) is 2.24. The van der Waals surface area contributed by atoms with Crippen LogP contribution in [-0.2, 0) is 5.54 Å². The minimum Gasteiger partial charge on any atom is -0.200 e. The van der Waals surface area contributed by atoms with Gasteiger partial charge in [-0.3, -0.25) is 0 Å². The zero-order chi connectivity index (χ0) is 10.3. The quantitative estimate of drug-likeness (QED) is 0.588. The Hall–Kier alpha value is -0.960. The monoisotopic (exact) mass is 210 g/mol. The van der Waals surface area contributed by atoms with Crippen LogP contribution < -0.4 is 4.57 Å². The summed E-state index contributed by atoms with van der Waals surface area (Å²) in [5.41, 5.74) is -0.0704. The number of rotatable bonds is 0. The van der Waals surface area contributed by atoms with Gasteiger partial charge in [-0.05, 0) is 11.4 Å². The van der Waals surface area contributed by atoms with Gasteiger partial charge in [0, 0.05) is 26.2 Å². The Morgan fingerprint density at radius 1 is 1.29 bits per heavy atom. The average molecular weight is 210 g/mol. The van der Waals surface area contributed by atoms with E-state index in [4.69, 9.17) is 0 Å². The summed E-state index contributed by atoms with van der Waals surface area (Å²) in [7, 11) is 0. The molecule has 0 aliphatic heterocycles. The van der Waals surface area contributed by atoms with Crippen molar-refractivity contribution in [1.29, 1.82) is 0 Å². The van der Waals surface area contributed by atoms with Gasteiger partial charge in [0.15, 0.2) is 17.6 Å². The Kier molecular flexibility index (Phi) is 2.07. The first-order valence-electron chi connectivity index (χ1n) is 4.57. The van der Waals surface area contributed by atoms with Crippen molar-refractivity contribution in [2.75, 3.05) is 0 Å². The maximum atomic E-state index is 13.6. The van der Waals surface area contributed by atoms with Crippen molar-refractivity contribution in [3.8, 4) is 0 Å². The summed E-state index contributed by atoms with van der Waals surface area (Å²) in [6.45, 7) is 6.18. The molecule has 0 saturated heterocycles. The second kappa shape index (κ2) is 3.02. The standard InChI is InChI=1S/C11H13FNS/c1-11(2,3)13-6-9(12)8-4-5-14-10(8)7-13/h4-7H,1-3H3/q+1. The Labute approximate surface area is 86.8 Å². The summed E-state index contributed by atoms with van der Waals surface area (Å²) in [4.78, 5) is 0. The number of hydrogen-bond acceptors (Lipinski definition) is 1. The fourth-order valence-electron chi connectivity index (χ4n) is 1.36. The molecule has 14 heavy (non-hydrogen) atoms. The molecule has 0 unspecified atom stereocenters. The van der Waals surface area contributed by atoms with Crippen LogP contribution in [-0.4, -0.2) is 0 Å². The highest BCUT2D eigenvalue weighted by atomic mass is 32.1. The lowest BCUT2D eigenvalue weighted by atomic mass is 10.1. The second-order valence-corrected chi connectivity index (χ2v) is 5.33. The van der Waals surface area contributed by atoms with Gasteiger partial charge in [-0.2, -0.15) is 8.96 Å². The number of fused-ring (bicyclic) bond motifs is 1. The fourth-order valence-corrected chi connectivity index (χ4v) is 2.18. The summed E-state index contributed by atoms with van der Waals surface area (Å²) in [6.07, 6.45) is 3.57. The normalized spacial score (nSPS) is 12.3. The fraction of sp³-hybridized carbons (Fsp3) is 0.364. The van der Waals surface area contributed by atoms with Gasteiger partial charge in [-0.1, -0.05) is 0 Å². The molecule has 2 heterocycles. The van der Waals surface area contributed by atoms with E-state index in [1.165, 1.54) is 0 Å². The van der Waals surface area contributed by atoms with E-state index in [9.17, 15) is 4.39 Å². The van der Waals surface area contributed by atoms with E-state index in [0.29, 0.717) is 0 Å². The van der Waals surface area contributed by atoms with E-state index >= 15 is 0 Å². The zero-order valence-electron chi connectivity index (χ0n) is 8.54. The first-order valence-corrected chi connectivity index (χ1v) is 5.45. The van der Waals surface area contributed by atoms with E-state index in [0.717, 1.165) is 10.1 Å². The summed E-state index contributed by atoms with van der Waals surface area (Å²) in [6, 6.07) is 1.82. The highest BCUT2D eigenvalue weighted by Gasteiger charge is 2.23. The summed E-state index contributed by atoms with van der Waals surface area (Å²) >= 11 is 1.57. The van der Waals surface area contributed by atoms with E-state index < -0.39 is 0 Å². The van der Waals surface area contributed by atoms with E-state index in [2.05, 4.69) is 20.8 Å². The van der Waals surface area contributed by atoms with Gasteiger partial charge in [0.25, 0.3) is 0 Å². The van der Waals surface area contributed by atoms with Crippen molar-refractivity contribution in [3.63, 3.8) is 0 Å². The Balaban J connectivity index is 2.70. The molecule has 2 rings (SSSR count). The third-order valence-corrected chi connectivity index (χ3v) is 3.09. The summed E-state index contributed by atoms with van der Waals surface area (Å²) in [5.74, 6) is -0.140. The summed E-state index contributed by atoms with van der Waals surface area (Å²) < 4.78 is 16.5. The SMILES string of the molecule is CC(C)(C)[n+]1cc(F)c2ccsc2c1. The Morgan fingerprint density at radius 2 is 2.00 bits per heavy atom. The second-order valence-electron chi connectivity index (χ2n) is 4.38. The van der Waals surface area contributed by atoms with E-state index in [1.54, 1.807) is 17.5 Å². The van der Waals surface area contributed by atoms with Gasteiger partial charge in [-0.15, -0.1) is 11.3 Å². The highest BCUT2D eigenvalue weighted by Crippen LogP contribution is 2.22. The Bertz CT molecular complexity index is 468. The van der Waals surface area contributed by atoms with Gasteiger partial charge in [-0.25, -0.2) is 0 Å². The van der Waals surface area contributed by atoms with Crippen LogP contribution in [0.25, 0.3) is 10.1 Å². The molecule has 0 spiro atoms. The molecule has 0 bridgehead atoms. The van der Waals surface area contributed by atoms with Crippen molar-refractivity contribution in [1.82, 2.24) is 0 Å². The lowest BCUT2D eigenvalue weighted by Gasteiger charge is -2.12. The van der Waals surface area contributed by atoms with Gasteiger partial charge in [0.1, 0.15) is 4.70 Å². The van der Waals surface area contributed by atoms with Crippen molar-refractivity contribution in [2.24, 2.45) is 0 Å². The molecule has 2 aromatic rings. The molecule has 2 aromatic heterocycles. The van der Waals surface area contributed by atoms with E-state index in [1.807, 2.05) is 22.2 Å². The van der Waals surface area contributed by atoms with Crippen LogP contribution in [0.4, 0.5) is 4.39 Å². The predicted octanol–water partition coefficient (Wildman–Crippen LogP) is 3.08. The molecule has 3 heteroatoms. The molecule has 0 aliphatic carbocycles. The first-order chi connectivity index (χ1) is 6.48. The maximum absolute atomic E-state index is 13.6. The van der Waals surface area contributed by atoms with Crippen LogP contribution in [0.5, 0.6) is 0 Å². The van der Waals surface area contributed by atoms with Gasteiger partial charge < -0.3 is 0 Å². The topological polar surface area (TPSA) is 3.88 Å². The number of thiophene rings is 1. The van der Waals surface area contributed by atoms with Crippen molar-refractivity contribution in [3.05, 3.63) is 29.7 Å². The molecular formula is C11H13FNS+. The number of aromatic nitrogens is 1. The van der Waals surface area contributed by atoms with Crippen molar-refractivity contribution >= 4 is 21.4 Å². The zero-order valence-corrected chi connectivity index (χ0v) is 9.36. The van der Waals surface area contributed by atoms with Crippen LogP contribution in [0.3, 0.4) is 0 Å². The number of pyridine rings is 1. The average Bonchev–Trinajstić information content (AvgIpc) is 2.50. The molecule has 0 N–H and O–H groups in total. The van der Waals surface area contributed by atoms with Gasteiger partial charge in [0.2, 0.25) is 6.20 Å². The molecule has 0 atom stereocenters. The minimum absolute atomic E-state index is 0.0704. The Morgan fingerprint density at radius 3 is 2.64 bits per heavy atom. The summed E-state index contributed by atoms with van der Waals surface area (Å²) in [5, 5.41) is 2.64. The molecule has 0 aliphatic rings. The van der Waals surface area contributed by atoms with Crippen LogP contribution in [0, 0.1) is 5.82 Å². The molecule has 0 radical (unpaired) electrons. The molecule has 74 valence electrons. The lowest BCUT2D eigenvalue weighted by molar-refractivity contribution is -0.754. The van der Waals surface area contributed by atoms with Crippen molar-refractivity contribution < 1.29 is 8.96 Å². The molecule has 0 aromatic carbocycles. The molecule has 1 nitrogen and oxygen atoms in total. The number of nitrogens with zero attached hydrogens (tertiary/aromatic N) is 1. The smallest absolute Gasteiger partial charge is 0.200 e. The highest BCUT2D eigenvalue weighted by molar-refractivity contribution is 7.17. The van der Waals surface area contributed by atoms with Crippen LogP contribution in [0.2, 0.25) is 0 Å². The molecule has 0 amide bonds. The largest absolute Gasteiger partial charge is 0.205 e. The first kappa shape index (κ1) is 9.59. The van der Waals surface area contributed by atoms with Crippen LogP contribution >= 0.6 is 11.3 Å². The number of halogens is 1. The molecule has 0 saturated carbocycles. The molecular weight excluding hydrogens is 197 g/mol. The van der Waals surface area contributed by atoms with E-state index in [-0.39, 0.29) is 11.4 Å². The lowest BCUT2D eigenvalue weighted by Crippen LogP contribution is -2.49.